The van der Waals surface area contributed by atoms with E-state index in [-0.39, 0.29) is 11.7 Å². The SMILES string of the molecule is CN(C)C(=O)OC(C)(C)C.c1cncc(-c2cccc3c2CCOC3)c1. The molecule has 0 radical (unpaired) electrons. The van der Waals surface area contributed by atoms with Crippen LogP contribution in [0.1, 0.15) is 31.9 Å². The Kier molecular flexibility index (Phi) is 6.75. The predicted molar refractivity (Wildman–Crippen MR) is 103 cm³/mol. The zero-order valence-electron chi connectivity index (χ0n) is 16.3. The van der Waals surface area contributed by atoms with Crippen LogP contribution in [-0.4, -0.2) is 42.3 Å². The Balaban J connectivity index is 0.000000213. The van der Waals surface area contributed by atoms with Gasteiger partial charge in [0.2, 0.25) is 0 Å². The maximum Gasteiger partial charge on any atom is 0.409 e. The van der Waals surface area contributed by atoms with Crippen molar-refractivity contribution >= 4 is 6.09 Å². The Labute approximate surface area is 156 Å². The second kappa shape index (κ2) is 8.81. The van der Waals surface area contributed by atoms with E-state index in [0.717, 1.165) is 19.6 Å². The molecule has 0 spiro atoms. The third-order valence-electron chi connectivity index (χ3n) is 3.76. The summed E-state index contributed by atoms with van der Waals surface area (Å²) < 4.78 is 10.5. The Bertz CT molecular complexity index is 722. The van der Waals surface area contributed by atoms with E-state index in [1.807, 2.05) is 39.2 Å². The highest BCUT2D eigenvalue weighted by Crippen LogP contribution is 2.28. The average molecular weight is 356 g/mol. The fourth-order valence-corrected chi connectivity index (χ4v) is 2.57. The van der Waals surface area contributed by atoms with Gasteiger partial charge in [0.1, 0.15) is 5.60 Å². The molecule has 1 amide bonds. The third kappa shape index (κ3) is 5.85. The van der Waals surface area contributed by atoms with Gasteiger partial charge >= 0.3 is 6.09 Å². The summed E-state index contributed by atoms with van der Waals surface area (Å²) in [7, 11) is 3.32. The van der Waals surface area contributed by atoms with E-state index in [1.54, 1.807) is 14.1 Å². The molecule has 0 fully saturated rings. The number of aromatic nitrogens is 1. The highest BCUT2D eigenvalue weighted by molar-refractivity contribution is 5.68. The highest BCUT2D eigenvalue weighted by Gasteiger charge is 2.17. The summed E-state index contributed by atoms with van der Waals surface area (Å²) in [4.78, 5) is 16.4. The molecule has 0 bridgehead atoms. The Morgan fingerprint density at radius 3 is 2.54 bits per heavy atom. The van der Waals surface area contributed by atoms with E-state index < -0.39 is 0 Å². The van der Waals surface area contributed by atoms with Crippen molar-refractivity contribution in [3.8, 4) is 11.1 Å². The molecule has 0 unspecified atom stereocenters. The van der Waals surface area contributed by atoms with E-state index in [1.165, 1.54) is 27.2 Å². The van der Waals surface area contributed by atoms with E-state index in [0.29, 0.717) is 0 Å². The second-order valence-corrected chi connectivity index (χ2v) is 7.36. The lowest BCUT2D eigenvalue weighted by molar-refractivity contribution is 0.0341. The normalized spacial score (nSPS) is 13.1. The molecular weight excluding hydrogens is 328 g/mol. The van der Waals surface area contributed by atoms with Crippen LogP contribution in [0.5, 0.6) is 0 Å². The van der Waals surface area contributed by atoms with Gasteiger partial charge in [-0.05, 0) is 49.9 Å². The lowest BCUT2D eigenvalue weighted by atomic mass is 9.93. The fraction of sp³-hybridized carbons (Fsp3) is 0.429. The van der Waals surface area contributed by atoms with Crippen LogP contribution in [0.25, 0.3) is 11.1 Å². The summed E-state index contributed by atoms with van der Waals surface area (Å²) in [6.07, 6.45) is 4.43. The Morgan fingerprint density at radius 2 is 1.96 bits per heavy atom. The summed E-state index contributed by atoms with van der Waals surface area (Å²) in [6.45, 7) is 7.09. The molecule has 0 atom stereocenters. The number of nitrogens with zero attached hydrogens (tertiary/aromatic N) is 2. The van der Waals surface area contributed by atoms with Crippen molar-refractivity contribution in [2.75, 3.05) is 20.7 Å². The maximum atomic E-state index is 10.9. The third-order valence-corrected chi connectivity index (χ3v) is 3.76. The quantitative estimate of drug-likeness (QED) is 0.764. The Morgan fingerprint density at radius 1 is 1.19 bits per heavy atom. The molecule has 0 N–H and O–H groups in total. The monoisotopic (exact) mass is 356 g/mol. The van der Waals surface area contributed by atoms with Crippen molar-refractivity contribution in [1.82, 2.24) is 9.88 Å². The molecule has 26 heavy (non-hydrogen) atoms. The predicted octanol–water partition coefficient (Wildman–Crippen LogP) is 4.30. The molecule has 5 nitrogen and oxygen atoms in total. The molecule has 3 rings (SSSR count). The minimum absolute atomic E-state index is 0.299. The number of benzene rings is 1. The summed E-state index contributed by atoms with van der Waals surface area (Å²) in [5.74, 6) is 0. The number of pyridine rings is 1. The molecule has 0 aliphatic carbocycles. The van der Waals surface area contributed by atoms with Gasteiger partial charge in [-0.15, -0.1) is 0 Å². The molecule has 1 aromatic carbocycles. The number of hydrogen-bond donors (Lipinski definition) is 0. The number of fused-ring (bicyclic) bond motifs is 1. The molecule has 140 valence electrons. The van der Waals surface area contributed by atoms with Gasteiger partial charge in [-0.25, -0.2) is 4.79 Å². The molecule has 0 saturated carbocycles. The minimum atomic E-state index is -0.388. The molecule has 0 saturated heterocycles. The number of amides is 1. The van der Waals surface area contributed by atoms with Gasteiger partial charge in [0.05, 0.1) is 13.2 Å². The average Bonchev–Trinajstić information content (AvgIpc) is 2.61. The first-order valence-corrected chi connectivity index (χ1v) is 8.77. The van der Waals surface area contributed by atoms with Crippen molar-refractivity contribution in [1.29, 1.82) is 0 Å². The smallest absolute Gasteiger partial charge is 0.409 e. The van der Waals surface area contributed by atoms with Crippen molar-refractivity contribution in [3.63, 3.8) is 0 Å². The molecule has 2 aromatic rings. The van der Waals surface area contributed by atoms with Crippen LogP contribution < -0.4 is 0 Å². The van der Waals surface area contributed by atoms with Crippen molar-refractivity contribution < 1.29 is 14.3 Å². The standard InChI is InChI=1S/C14H13NO.C7H15NO2/c1-3-12-10-16-8-6-14(12)13(5-1)11-4-2-7-15-9-11;1-7(2,3)10-6(9)8(4)5/h1-5,7,9H,6,8,10H2;1-5H3. The lowest BCUT2D eigenvalue weighted by Gasteiger charge is -2.22. The maximum absolute atomic E-state index is 10.9. The first-order valence-electron chi connectivity index (χ1n) is 8.77. The second-order valence-electron chi connectivity index (χ2n) is 7.36. The van der Waals surface area contributed by atoms with E-state index in [4.69, 9.17) is 9.47 Å². The van der Waals surface area contributed by atoms with Crippen LogP contribution in [0.2, 0.25) is 0 Å². The summed E-state index contributed by atoms with van der Waals surface area (Å²) in [6, 6.07) is 10.5. The van der Waals surface area contributed by atoms with Crippen LogP contribution in [0.15, 0.2) is 42.7 Å². The van der Waals surface area contributed by atoms with Crippen LogP contribution in [0, 0.1) is 0 Å². The number of carbonyl (C=O) groups excluding carboxylic acids is 1. The first kappa shape index (κ1) is 19.9. The number of hydrogen-bond acceptors (Lipinski definition) is 4. The van der Waals surface area contributed by atoms with Crippen molar-refractivity contribution in [3.05, 3.63) is 53.9 Å². The van der Waals surface area contributed by atoms with Crippen molar-refractivity contribution in [2.24, 2.45) is 0 Å². The molecule has 1 aliphatic heterocycles. The van der Waals surface area contributed by atoms with E-state index >= 15 is 0 Å². The van der Waals surface area contributed by atoms with Crippen molar-refractivity contribution in [2.45, 2.75) is 39.4 Å². The number of rotatable bonds is 1. The van der Waals surface area contributed by atoms with Crippen LogP contribution >= 0.6 is 0 Å². The molecular formula is C21H28N2O3. The van der Waals surface area contributed by atoms with Gasteiger partial charge in [0, 0.05) is 32.1 Å². The van der Waals surface area contributed by atoms with Gasteiger partial charge in [-0.2, -0.15) is 0 Å². The van der Waals surface area contributed by atoms with Gasteiger partial charge < -0.3 is 14.4 Å². The van der Waals surface area contributed by atoms with Gasteiger partial charge in [-0.1, -0.05) is 24.3 Å². The molecule has 1 aromatic heterocycles. The largest absolute Gasteiger partial charge is 0.444 e. The topological polar surface area (TPSA) is 51.7 Å². The summed E-state index contributed by atoms with van der Waals surface area (Å²) >= 11 is 0. The van der Waals surface area contributed by atoms with Gasteiger partial charge in [0.15, 0.2) is 0 Å². The molecule has 1 aliphatic rings. The number of ether oxygens (including phenoxy) is 2. The minimum Gasteiger partial charge on any atom is -0.444 e. The summed E-state index contributed by atoms with van der Waals surface area (Å²) in [5, 5.41) is 0. The van der Waals surface area contributed by atoms with Crippen LogP contribution in [0.3, 0.4) is 0 Å². The van der Waals surface area contributed by atoms with Crippen LogP contribution in [-0.2, 0) is 22.5 Å². The fourth-order valence-electron chi connectivity index (χ4n) is 2.57. The van der Waals surface area contributed by atoms with Gasteiger partial charge in [0.25, 0.3) is 0 Å². The zero-order chi connectivity index (χ0) is 19.2. The first-order chi connectivity index (χ1) is 12.3. The number of carbonyl (C=O) groups is 1. The Hall–Kier alpha value is -2.40. The van der Waals surface area contributed by atoms with E-state index in [2.05, 4.69) is 29.2 Å². The molecule has 2 heterocycles. The lowest BCUT2D eigenvalue weighted by Crippen LogP contribution is -2.31. The highest BCUT2D eigenvalue weighted by atomic mass is 16.6. The van der Waals surface area contributed by atoms with Gasteiger partial charge in [-0.3, -0.25) is 4.98 Å². The zero-order valence-corrected chi connectivity index (χ0v) is 16.3. The van der Waals surface area contributed by atoms with Crippen LogP contribution in [0.4, 0.5) is 4.79 Å². The molecule has 5 heteroatoms. The van der Waals surface area contributed by atoms with E-state index in [9.17, 15) is 4.79 Å². The summed E-state index contributed by atoms with van der Waals surface area (Å²) in [5.41, 5.74) is 4.84.